The summed E-state index contributed by atoms with van der Waals surface area (Å²) in [6.07, 6.45) is 0. The first-order valence-electron chi connectivity index (χ1n) is 6.48. The molecule has 0 amide bonds. The van der Waals surface area contributed by atoms with Gasteiger partial charge in [-0.25, -0.2) is 0 Å². The molecule has 3 aromatic rings. The average molecular weight is 265 g/mol. The SMILES string of the molecule is Cc1nnc(-c2ccc(OCc3ccccc3)cc2)[nH]1. The molecule has 20 heavy (non-hydrogen) atoms. The number of benzene rings is 2. The molecule has 1 heterocycles. The highest BCUT2D eigenvalue weighted by atomic mass is 16.5. The number of aryl methyl sites for hydroxylation is 1. The molecule has 0 fully saturated rings. The number of aromatic nitrogens is 3. The van der Waals surface area contributed by atoms with Crippen molar-refractivity contribution < 1.29 is 4.74 Å². The van der Waals surface area contributed by atoms with Gasteiger partial charge in [0.05, 0.1) is 0 Å². The number of aromatic amines is 1. The van der Waals surface area contributed by atoms with E-state index in [2.05, 4.69) is 15.2 Å². The molecule has 0 aliphatic carbocycles. The van der Waals surface area contributed by atoms with Crippen LogP contribution in [0.2, 0.25) is 0 Å². The Hall–Kier alpha value is -2.62. The van der Waals surface area contributed by atoms with Gasteiger partial charge in [0.1, 0.15) is 18.2 Å². The van der Waals surface area contributed by atoms with Gasteiger partial charge >= 0.3 is 0 Å². The summed E-state index contributed by atoms with van der Waals surface area (Å²) in [6.45, 7) is 2.45. The van der Waals surface area contributed by atoms with Crippen LogP contribution in [0.3, 0.4) is 0 Å². The van der Waals surface area contributed by atoms with E-state index in [1.807, 2.05) is 61.5 Å². The van der Waals surface area contributed by atoms with E-state index < -0.39 is 0 Å². The number of hydrogen-bond acceptors (Lipinski definition) is 3. The van der Waals surface area contributed by atoms with Gasteiger partial charge in [0.25, 0.3) is 0 Å². The van der Waals surface area contributed by atoms with E-state index in [4.69, 9.17) is 4.74 Å². The van der Waals surface area contributed by atoms with E-state index in [1.165, 1.54) is 0 Å². The maximum absolute atomic E-state index is 5.74. The van der Waals surface area contributed by atoms with Crippen LogP contribution in [-0.4, -0.2) is 15.2 Å². The molecular weight excluding hydrogens is 250 g/mol. The maximum atomic E-state index is 5.74. The van der Waals surface area contributed by atoms with Crippen LogP contribution < -0.4 is 4.74 Å². The van der Waals surface area contributed by atoms with E-state index in [1.54, 1.807) is 0 Å². The summed E-state index contributed by atoms with van der Waals surface area (Å²) < 4.78 is 5.74. The summed E-state index contributed by atoms with van der Waals surface area (Å²) in [5, 5.41) is 8.02. The zero-order valence-electron chi connectivity index (χ0n) is 11.2. The van der Waals surface area contributed by atoms with Crippen molar-refractivity contribution >= 4 is 0 Å². The van der Waals surface area contributed by atoms with Gasteiger partial charge in [-0.3, -0.25) is 0 Å². The number of nitrogens with one attached hydrogen (secondary N) is 1. The number of ether oxygens (including phenoxy) is 1. The molecule has 4 heteroatoms. The fourth-order valence-corrected chi connectivity index (χ4v) is 1.93. The molecule has 100 valence electrons. The lowest BCUT2D eigenvalue weighted by Crippen LogP contribution is -1.94. The molecule has 2 aromatic carbocycles. The van der Waals surface area contributed by atoms with Crippen LogP contribution in [0.1, 0.15) is 11.4 Å². The fraction of sp³-hybridized carbons (Fsp3) is 0.125. The van der Waals surface area contributed by atoms with E-state index >= 15 is 0 Å². The minimum atomic E-state index is 0.571. The van der Waals surface area contributed by atoms with Crippen molar-refractivity contribution in [2.45, 2.75) is 13.5 Å². The maximum Gasteiger partial charge on any atom is 0.161 e. The van der Waals surface area contributed by atoms with Gasteiger partial charge < -0.3 is 9.72 Å². The Morgan fingerprint density at radius 1 is 0.950 bits per heavy atom. The van der Waals surface area contributed by atoms with Gasteiger partial charge in [-0.15, -0.1) is 10.2 Å². The van der Waals surface area contributed by atoms with Gasteiger partial charge in [-0.05, 0) is 36.8 Å². The molecule has 0 bridgehead atoms. The Balaban J connectivity index is 1.67. The van der Waals surface area contributed by atoms with Crippen molar-refractivity contribution in [1.82, 2.24) is 15.2 Å². The first-order valence-corrected chi connectivity index (χ1v) is 6.48. The van der Waals surface area contributed by atoms with E-state index in [9.17, 15) is 0 Å². The Labute approximate surface area is 117 Å². The normalized spacial score (nSPS) is 10.4. The van der Waals surface area contributed by atoms with Crippen LogP contribution in [0.25, 0.3) is 11.4 Å². The van der Waals surface area contributed by atoms with E-state index in [-0.39, 0.29) is 0 Å². The third kappa shape index (κ3) is 2.85. The summed E-state index contributed by atoms with van der Waals surface area (Å²) in [4.78, 5) is 3.11. The van der Waals surface area contributed by atoms with Gasteiger partial charge in [-0.1, -0.05) is 30.3 Å². The van der Waals surface area contributed by atoms with Crippen LogP contribution in [0.5, 0.6) is 5.75 Å². The van der Waals surface area contributed by atoms with Crippen molar-refractivity contribution in [3.05, 3.63) is 66.0 Å². The minimum absolute atomic E-state index is 0.571. The molecule has 1 aromatic heterocycles. The molecule has 0 atom stereocenters. The zero-order chi connectivity index (χ0) is 13.8. The summed E-state index contributed by atoms with van der Waals surface area (Å²) in [6, 6.07) is 17.9. The van der Waals surface area contributed by atoms with E-state index in [0.29, 0.717) is 6.61 Å². The molecule has 0 radical (unpaired) electrons. The van der Waals surface area contributed by atoms with Gasteiger partial charge in [0.15, 0.2) is 5.82 Å². The molecule has 0 aliphatic heterocycles. The number of nitrogens with zero attached hydrogens (tertiary/aromatic N) is 2. The smallest absolute Gasteiger partial charge is 0.161 e. The highest BCUT2D eigenvalue weighted by molar-refractivity contribution is 5.55. The monoisotopic (exact) mass is 265 g/mol. The van der Waals surface area contributed by atoms with Crippen LogP contribution in [0, 0.1) is 6.92 Å². The van der Waals surface area contributed by atoms with Crippen molar-refractivity contribution in [2.24, 2.45) is 0 Å². The standard InChI is InChI=1S/C16H15N3O/c1-12-17-16(19-18-12)14-7-9-15(10-8-14)20-11-13-5-3-2-4-6-13/h2-10H,11H2,1H3,(H,17,18,19). The van der Waals surface area contributed by atoms with Crippen LogP contribution >= 0.6 is 0 Å². The Bertz CT molecular complexity index is 674. The summed E-state index contributed by atoms with van der Waals surface area (Å²) in [5.74, 6) is 2.43. The first kappa shape index (κ1) is 12.4. The molecule has 0 unspecified atom stereocenters. The van der Waals surface area contributed by atoms with Crippen molar-refractivity contribution in [3.63, 3.8) is 0 Å². The second kappa shape index (κ2) is 5.57. The average Bonchev–Trinajstić information content (AvgIpc) is 2.93. The topological polar surface area (TPSA) is 50.8 Å². The molecular formula is C16H15N3O. The largest absolute Gasteiger partial charge is 0.489 e. The minimum Gasteiger partial charge on any atom is -0.489 e. The van der Waals surface area contributed by atoms with Crippen molar-refractivity contribution in [1.29, 1.82) is 0 Å². The van der Waals surface area contributed by atoms with Crippen molar-refractivity contribution in [2.75, 3.05) is 0 Å². The van der Waals surface area contributed by atoms with E-state index in [0.717, 1.165) is 28.5 Å². The van der Waals surface area contributed by atoms with Gasteiger partial charge in [0, 0.05) is 5.56 Å². The molecule has 4 nitrogen and oxygen atoms in total. The lowest BCUT2D eigenvalue weighted by atomic mass is 10.2. The Kier molecular flexibility index (Phi) is 3.46. The van der Waals surface area contributed by atoms with Crippen LogP contribution in [0.15, 0.2) is 54.6 Å². The third-order valence-electron chi connectivity index (χ3n) is 2.98. The summed E-state index contributed by atoms with van der Waals surface area (Å²) in [7, 11) is 0. The van der Waals surface area contributed by atoms with Crippen LogP contribution in [0.4, 0.5) is 0 Å². The fourth-order valence-electron chi connectivity index (χ4n) is 1.93. The van der Waals surface area contributed by atoms with Crippen molar-refractivity contribution in [3.8, 4) is 17.1 Å². The molecule has 3 rings (SSSR count). The highest BCUT2D eigenvalue weighted by Gasteiger charge is 2.03. The lowest BCUT2D eigenvalue weighted by Gasteiger charge is -2.06. The molecule has 0 saturated heterocycles. The molecule has 1 N–H and O–H groups in total. The molecule has 0 saturated carbocycles. The highest BCUT2D eigenvalue weighted by Crippen LogP contribution is 2.20. The summed E-state index contributed by atoms with van der Waals surface area (Å²) >= 11 is 0. The summed E-state index contributed by atoms with van der Waals surface area (Å²) in [5.41, 5.74) is 2.15. The Morgan fingerprint density at radius 3 is 2.35 bits per heavy atom. The number of hydrogen-bond donors (Lipinski definition) is 1. The predicted molar refractivity (Wildman–Crippen MR) is 77.3 cm³/mol. The first-order chi connectivity index (χ1) is 9.81. The third-order valence-corrected chi connectivity index (χ3v) is 2.98. The van der Waals surface area contributed by atoms with Crippen LogP contribution in [-0.2, 0) is 6.61 Å². The number of rotatable bonds is 4. The Morgan fingerprint density at radius 2 is 1.70 bits per heavy atom. The zero-order valence-corrected chi connectivity index (χ0v) is 11.2. The molecule has 0 aliphatic rings. The second-order valence-corrected chi connectivity index (χ2v) is 4.56. The predicted octanol–water partition coefficient (Wildman–Crippen LogP) is 3.36. The number of H-pyrrole nitrogens is 1. The van der Waals surface area contributed by atoms with Gasteiger partial charge in [0.2, 0.25) is 0 Å². The second-order valence-electron chi connectivity index (χ2n) is 4.56. The van der Waals surface area contributed by atoms with Gasteiger partial charge in [-0.2, -0.15) is 0 Å². The lowest BCUT2D eigenvalue weighted by molar-refractivity contribution is 0.306. The quantitative estimate of drug-likeness (QED) is 0.787. The molecule has 0 spiro atoms.